The molecule has 8 nitrogen and oxygen atoms in total. The lowest BCUT2D eigenvalue weighted by Gasteiger charge is -2.34. The normalized spacial score (nSPS) is 21.0. The molecule has 0 spiro atoms. The number of ether oxygens (including phenoxy) is 2. The van der Waals surface area contributed by atoms with Gasteiger partial charge < -0.3 is 14.8 Å². The lowest BCUT2D eigenvalue weighted by molar-refractivity contribution is -0.127. The van der Waals surface area contributed by atoms with E-state index in [1.165, 1.54) is 4.31 Å². The Kier molecular flexibility index (Phi) is 6.00. The van der Waals surface area contributed by atoms with Gasteiger partial charge in [0.25, 0.3) is 5.91 Å². The molecule has 0 radical (unpaired) electrons. The monoisotopic (exact) mass is 383 g/mol. The van der Waals surface area contributed by atoms with Crippen molar-refractivity contribution < 1.29 is 22.7 Å². The van der Waals surface area contributed by atoms with Gasteiger partial charge in [-0.25, -0.2) is 8.42 Å². The molecule has 1 aromatic carbocycles. The number of fused-ring (bicyclic) bond motifs is 1. The number of carbonyl (C=O) groups excluding carboxylic acids is 1. The predicted molar refractivity (Wildman–Crippen MR) is 97.9 cm³/mol. The van der Waals surface area contributed by atoms with Crippen molar-refractivity contribution in [2.75, 3.05) is 56.0 Å². The largest absolute Gasteiger partial charge is 0.476 e. The van der Waals surface area contributed by atoms with Crippen LogP contribution in [0.15, 0.2) is 24.3 Å². The molecule has 0 saturated carbocycles. The average molecular weight is 383 g/mol. The zero-order valence-electron chi connectivity index (χ0n) is 14.9. The van der Waals surface area contributed by atoms with E-state index >= 15 is 0 Å². The number of sulfonamides is 1. The first-order valence-electron chi connectivity index (χ1n) is 8.85. The number of rotatable bonds is 6. The van der Waals surface area contributed by atoms with Crippen LogP contribution in [0.1, 0.15) is 6.92 Å². The third-order valence-corrected chi connectivity index (χ3v) is 6.31. The van der Waals surface area contributed by atoms with Crippen molar-refractivity contribution in [3.8, 4) is 5.75 Å². The first-order chi connectivity index (χ1) is 12.5. The molecular formula is C17H25N3O5S. The van der Waals surface area contributed by atoms with Gasteiger partial charge in [-0.05, 0) is 19.1 Å². The van der Waals surface area contributed by atoms with Gasteiger partial charge in [-0.3, -0.25) is 14.0 Å². The molecule has 0 unspecified atom stereocenters. The number of carbonyl (C=O) groups is 1. The minimum atomic E-state index is -3.49. The van der Waals surface area contributed by atoms with E-state index in [1.807, 2.05) is 0 Å². The zero-order chi connectivity index (χ0) is 18.6. The zero-order valence-corrected chi connectivity index (χ0v) is 15.7. The molecule has 3 rings (SSSR count). The van der Waals surface area contributed by atoms with E-state index < -0.39 is 16.1 Å². The third-order valence-electron chi connectivity index (χ3n) is 4.56. The fourth-order valence-corrected chi connectivity index (χ4v) is 4.16. The first kappa shape index (κ1) is 18.9. The number of hydrogen-bond donors (Lipinski definition) is 1. The van der Waals surface area contributed by atoms with Crippen molar-refractivity contribution in [2.45, 2.75) is 13.0 Å². The summed E-state index contributed by atoms with van der Waals surface area (Å²) in [5.74, 6) is 0.0698. The van der Waals surface area contributed by atoms with E-state index in [9.17, 15) is 13.2 Å². The van der Waals surface area contributed by atoms with Gasteiger partial charge in [0, 0.05) is 26.2 Å². The van der Waals surface area contributed by atoms with Gasteiger partial charge in [0.1, 0.15) is 5.75 Å². The van der Waals surface area contributed by atoms with Crippen LogP contribution in [0.2, 0.25) is 0 Å². The van der Waals surface area contributed by atoms with Crippen molar-refractivity contribution in [3.05, 3.63) is 24.3 Å². The van der Waals surface area contributed by atoms with Gasteiger partial charge in [-0.2, -0.15) is 0 Å². The van der Waals surface area contributed by atoms with Gasteiger partial charge in [0.2, 0.25) is 10.0 Å². The molecule has 0 aliphatic carbocycles. The summed E-state index contributed by atoms with van der Waals surface area (Å²) in [6, 6.07) is 6.88. The van der Waals surface area contributed by atoms with Crippen LogP contribution in [0.5, 0.6) is 5.75 Å². The lowest BCUT2D eigenvalue weighted by atomic mass is 10.2. The average Bonchev–Trinajstić information content (AvgIpc) is 2.67. The van der Waals surface area contributed by atoms with Crippen molar-refractivity contribution in [1.82, 2.24) is 10.2 Å². The van der Waals surface area contributed by atoms with Crippen LogP contribution >= 0.6 is 0 Å². The van der Waals surface area contributed by atoms with E-state index in [4.69, 9.17) is 9.47 Å². The standard InChI is InChI=1S/C17H25N3O5S/c1-2-26(22,23)20-13-16(25-15-6-4-3-5-14(15)20)17(21)18-7-8-19-9-11-24-12-10-19/h3-6,16H,2,7-13H2,1H3,(H,18,21)/t16-/m0/s1. The summed E-state index contributed by atoms with van der Waals surface area (Å²) in [5, 5.41) is 2.85. The Bertz CT molecular complexity index is 734. The number of para-hydroxylation sites is 2. The van der Waals surface area contributed by atoms with Crippen LogP contribution in [0.25, 0.3) is 0 Å². The molecule has 144 valence electrons. The van der Waals surface area contributed by atoms with E-state index in [0.29, 0.717) is 31.2 Å². The van der Waals surface area contributed by atoms with Crippen LogP contribution in [0.4, 0.5) is 5.69 Å². The smallest absolute Gasteiger partial charge is 0.263 e. The minimum absolute atomic E-state index is 0.0173. The summed E-state index contributed by atoms with van der Waals surface area (Å²) in [7, 11) is -3.49. The number of hydrogen-bond acceptors (Lipinski definition) is 6. The van der Waals surface area contributed by atoms with Crippen LogP contribution in [-0.2, 0) is 19.6 Å². The van der Waals surface area contributed by atoms with Crippen LogP contribution in [0.3, 0.4) is 0 Å². The van der Waals surface area contributed by atoms with Crippen molar-refractivity contribution in [1.29, 1.82) is 0 Å². The third kappa shape index (κ3) is 4.28. The Hall–Kier alpha value is -1.84. The fraction of sp³-hybridized carbons (Fsp3) is 0.588. The molecule has 1 N–H and O–H groups in total. The fourth-order valence-electron chi connectivity index (χ4n) is 3.03. The quantitative estimate of drug-likeness (QED) is 0.747. The van der Waals surface area contributed by atoms with E-state index in [-0.39, 0.29) is 18.2 Å². The predicted octanol–water partition coefficient (Wildman–Crippen LogP) is 0.0521. The van der Waals surface area contributed by atoms with E-state index in [0.717, 1.165) is 19.6 Å². The van der Waals surface area contributed by atoms with Crippen molar-refractivity contribution in [2.24, 2.45) is 0 Å². The second-order valence-corrected chi connectivity index (χ2v) is 8.43. The summed E-state index contributed by atoms with van der Waals surface area (Å²) in [6.45, 7) is 5.91. The highest BCUT2D eigenvalue weighted by atomic mass is 32.2. The molecule has 9 heteroatoms. The Morgan fingerprint density at radius 2 is 2.00 bits per heavy atom. The second-order valence-electron chi connectivity index (χ2n) is 6.25. The Morgan fingerprint density at radius 1 is 1.27 bits per heavy atom. The highest BCUT2D eigenvalue weighted by Gasteiger charge is 2.35. The molecule has 0 bridgehead atoms. The number of nitrogens with zero attached hydrogens (tertiary/aromatic N) is 2. The Morgan fingerprint density at radius 3 is 2.73 bits per heavy atom. The van der Waals surface area contributed by atoms with Gasteiger partial charge in [0.15, 0.2) is 6.10 Å². The maximum atomic E-state index is 12.5. The number of anilines is 1. The molecule has 1 saturated heterocycles. The molecule has 1 amide bonds. The number of benzene rings is 1. The van der Waals surface area contributed by atoms with Gasteiger partial charge in [-0.1, -0.05) is 12.1 Å². The summed E-state index contributed by atoms with van der Waals surface area (Å²) in [6.07, 6.45) is -0.865. The molecule has 2 aliphatic rings. The maximum absolute atomic E-state index is 12.5. The van der Waals surface area contributed by atoms with Gasteiger partial charge >= 0.3 is 0 Å². The Labute approximate surface area is 154 Å². The molecule has 2 heterocycles. The SMILES string of the molecule is CCS(=O)(=O)N1C[C@@H](C(=O)NCCN2CCOCC2)Oc2ccccc21. The van der Waals surface area contributed by atoms with Crippen molar-refractivity contribution >= 4 is 21.6 Å². The highest BCUT2D eigenvalue weighted by molar-refractivity contribution is 7.92. The summed E-state index contributed by atoms with van der Waals surface area (Å²) < 4.78 is 37.2. The van der Waals surface area contributed by atoms with Gasteiger partial charge in [-0.15, -0.1) is 0 Å². The number of morpholine rings is 1. The highest BCUT2D eigenvalue weighted by Crippen LogP contribution is 2.34. The maximum Gasteiger partial charge on any atom is 0.263 e. The Balaban J connectivity index is 1.64. The molecule has 2 aliphatic heterocycles. The molecule has 1 fully saturated rings. The number of nitrogens with one attached hydrogen (secondary N) is 1. The minimum Gasteiger partial charge on any atom is -0.476 e. The van der Waals surface area contributed by atoms with Crippen LogP contribution in [-0.4, -0.2) is 77.0 Å². The summed E-state index contributed by atoms with van der Waals surface area (Å²) in [5.41, 5.74) is 0.478. The lowest BCUT2D eigenvalue weighted by Crippen LogP contribution is -2.52. The molecule has 1 atom stereocenters. The first-order valence-corrected chi connectivity index (χ1v) is 10.5. The number of amides is 1. The summed E-state index contributed by atoms with van der Waals surface area (Å²) >= 11 is 0. The van der Waals surface area contributed by atoms with E-state index in [2.05, 4.69) is 10.2 Å². The molecule has 1 aromatic rings. The second kappa shape index (κ2) is 8.24. The molecular weight excluding hydrogens is 358 g/mol. The van der Waals surface area contributed by atoms with Crippen molar-refractivity contribution in [3.63, 3.8) is 0 Å². The van der Waals surface area contributed by atoms with Crippen LogP contribution in [0, 0.1) is 0 Å². The molecule has 0 aromatic heterocycles. The van der Waals surface area contributed by atoms with E-state index in [1.54, 1.807) is 31.2 Å². The molecule has 26 heavy (non-hydrogen) atoms. The van der Waals surface area contributed by atoms with Crippen LogP contribution < -0.4 is 14.4 Å². The van der Waals surface area contributed by atoms with Gasteiger partial charge in [0.05, 0.1) is 31.2 Å². The topological polar surface area (TPSA) is 88.2 Å². The summed E-state index contributed by atoms with van der Waals surface area (Å²) in [4.78, 5) is 14.7.